The van der Waals surface area contributed by atoms with Crippen molar-refractivity contribution in [3.63, 3.8) is 0 Å². The molecule has 4 rings (SSSR count). The van der Waals surface area contributed by atoms with E-state index in [9.17, 15) is 4.79 Å². The predicted octanol–water partition coefficient (Wildman–Crippen LogP) is 6.31. The largest absolute Gasteiger partial charge is 0.342 e. The first kappa shape index (κ1) is 19.7. The van der Waals surface area contributed by atoms with Gasteiger partial charge >= 0.3 is 6.03 Å². The summed E-state index contributed by atoms with van der Waals surface area (Å²) in [5.41, 5.74) is 3.17. The van der Waals surface area contributed by atoms with Gasteiger partial charge in [-0.05, 0) is 54.4 Å². The standard InChI is InChI=1S/C23H19BrClN3O/c1-23(17-5-3-2-4-6-17)15-28(22(29)26-20-13-9-18(24)10-14-20)27-21(23)16-7-11-19(25)12-8-16/h2-14H,15H2,1H3,(H,26,29). The van der Waals surface area contributed by atoms with E-state index in [4.69, 9.17) is 16.7 Å². The fourth-order valence-corrected chi connectivity index (χ4v) is 3.89. The van der Waals surface area contributed by atoms with Gasteiger partial charge in [0.1, 0.15) is 0 Å². The minimum atomic E-state index is -0.438. The van der Waals surface area contributed by atoms with Gasteiger partial charge in [-0.1, -0.05) is 70.0 Å². The van der Waals surface area contributed by atoms with Gasteiger partial charge in [-0.25, -0.2) is 9.80 Å². The van der Waals surface area contributed by atoms with E-state index in [0.29, 0.717) is 11.6 Å². The van der Waals surface area contributed by atoms with Crippen molar-refractivity contribution in [2.75, 3.05) is 11.9 Å². The van der Waals surface area contributed by atoms with Gasteiger partial charge in [0, 0.05) is 15.2 Å². The summed E-state index contributed by atoms with van der Waals surface area (Å²) in [6.45, 7) is 2.56. The van der Waals surface area contributed by atoms with Crippen molar-refractivity contribution in [3.05, 3.63) is 99.5 Å². The Hall–Kier alpha value is -2.63. The van der Waals surface area contributed by atoms with E-state index in [-0.39, 0.29) is 6.03 Å². The van der Waals surface area contributed by atoms with E-state index in [1.807, 2.05) is 66.7 Å². The van der Waals surface area contributed by atoms with Crippen LogP contribution in [-0.4, -0.2) is 23.3 Å². The van der Waals surface area contributed by atoms with Gasteiger partial charge in [-0.3, -0.25) is 0 Å². The zero-order chi connectivity index (χ0) is 20.4. The molecule has 146 valence electrons. The number of anilines is 1. The van der Waals surface area contributed by atoms with E-state index in [2.05, 4.69) is 40.3 Å². The first-order chi connectivity index (χ1) is 14.0. The highest BCUT2D eigenvalue weighted by Gasteiger charge is 2.42. The summed E-state index contributed by atoms with van der Waals surface area (Å²) in [5.74, 6) is 0. The van der Waals surface area contributed by atoms with Gasteiger partial charge in [-0.2, -0.15) is 5.10 Å². The lowest BCUT2D eigenvalue weighted by Gasteiger charge is -2.27. The van der Waals surface area contributed by atoms with Crippen molar-refractivity contribution in [3.8, 4) is 0 Å². The van der Waals surface area contributed by atoms with Crippen LogP contribution in [-0.2, 0) is 5.41 Å². The average Bonchev–Trinajstić information content (AvgIpc) is 3.10. The maximum atomic E-state index is 12.9. The molecule has 3 aromatic rings. The van der Waals surface area contributed by atoms with Crippen LogP contribution in [0.1, 0.15) is 18.1 Å². The Morgan fingerprint density at radius 3 is 2.34 bits per heavy atom. The molecule has 3 aromatic carbocycles. The molecule has 1 aliphatic heterocycles. The molecule has 0 aliphatic carbocycles. The van der Waals surface area contributed by atoms with E-state index in [1.165, 1.54) is 5.01 Å². The van der Waals surface area contributed by atoms with E-state index >= 15 is 0 Å². The smallest absolute Gasteiger partial charge is 0.306 e. The number of hydrazone groups is 1. The van der Waals surface area contributed by atoms with Gasteiger partial charge in [0.15, 0.2) is 0 Å². The molecule has 0 bridgehead atoms. The number of benzene rings is 3. The number of halogens is 2. The quantitative estimate of drug-likeness (QED) is 0.481. The van der Waals surface area contributed by atoms with Crippen LogP contribution in [0.5, 0.6) is 0 Å². The van der Waals surface area contributed by atoms with Crippen LogP contribution < -0.4 is 5.32 Å². The van der Waals surface area contributed by atoms with Gasteiger partial charge in [0.25, 0.3) is 0 Å². The zero-order valence-corrected chi connectivity index (χ0v) is 18.1. The molecule has 0 spiro atoms. The molecule has 1 unspecified atom stereocenters. The lowest BCUT2D eigenvalue weighted by molar-refractivity contribution is 0.214. The maximum Gasteiger partial charge on any atom is 0.342 e. The molecule has 1 atom stereocenters. The third-order valence-corrected chi connectivity index (χ3v) is 5.85. The number of nitrogens with one attached hydrogen (secondary N) is 1. The summed E-state index contributed by atoms with van der Waals surface area (Å²) in [4.78, 5) is 12.9. The number of hydrogen-bond acceptors (Lipinski definition) is 2. The van der Waals surface area contributed by atoms with Gasteiger partial charge in [-0.15, -0.1) is 0 Å². The van der Waals surface area contributed by atoms with Crippen molar-refractivity contribution >= 4 is 45.0 Å². The molecule has 29 heavy (non-hydrogen) atoms. The monoisotopic (exact) mass is 467 g/mol. The Morgan fingerprint density at radius 2 is 1.69 bits per heavy atom. The van der Waals surface area contributed by atoms with Crippen molar-refractivity contribution in [2.45, 2.75) is 12.3 Å². The Kier molecular flexibility index (Phi) is 5.43. The third kappa shape index (κ3) is 4.07. The van der Waals surface area contributed by atoms with Crippen LogP contribution in [0.15, 0.2) is 88.4 Å². The van der Waals surface area contributed by atoms with Crippen molar-refractivity contribution in [2.24, 2.45) is 5.10 Å². The number of amides is 2. The molecule has 4 nitrogen and oxygen atoms in total. The van der Waals surface area contributed by atoms with Crippen molar-refractivity contribution < 1.29 is 4.79 Å². The van der Waals surface area contributed by atoms with Gasteiger partial charge in [0.05, 0.1) is 17.7 Å². The zero-order valence-electron chi connectivity index (χ0n) is 15.8. The number of rotatable bonds is 3. The van der Waals surface area contributed by atoms with Gasteiger partial charge in [0.2, 0.25) is 0 Å². The van der Waals surface area contributed by atoms with Crippen LogP contribution in [0.4, 0.5) is 10.5 Å². The molecular weight excluding hydrogens is 450 g/mol. The SMILES string of the molecule is CC1(c2ccccc2)CN(C(=O)Nc2ccc(Br)cc2)N=C1c1ccc(Cl)cc1. The number of carbonyl (C=O) groups is 1. The highest BCUT2D eigenvalue weighted by atomic mass is 79.9. The van der Waals surface area contributed by atoms with E-state index < -0.39 is 5.41 Å². The molecule has 2 amide bonds. The molecule has 1 aliphatic rings. The molecule has 0 saturated heterocycles. The Labute approximate surface area is 183 Å². The lowest BCUT2D eigenvalue weighted by Crippen LogP contribution is -2.38. The normalized spacial score (nSPS) is 18.4. The van der Waals surface area contributed by atoms with Crippen LogP contribution in [0, 0.1) is 0 Å². The minimum Gasteiger partial charge on any atom is -0.306 e. The first-order valence-corrected chi connectivity index (χ1v) is 10.4. The second-order valence-corrected chi connectivity index (χ2v) is 8.50. The number of hydrogen-bond donors (Lipinski definition) is 1. The second-order valence-electron chi connectivity index (χ2n) is 7.15. The second kappa shape index (κ2) is 8.01. The summed E-state index contributed by atoms with van der Waals surface area (Å²) >= 11 is 9.47. The Morgan fingerprint density at radius 1 is 1.03 bits per heavy atom. The fourth-order valence-electron chi connectivity index (χ4n) is 3.50. The molecule has 1 heterocycles. The molecule has 0 saturated carbocycles. The topological polar surface area (TPSA) is 44.7 Å². The summed E-state index contributed by atoms with van der Waals surface area (Å²) in [5, 5.41) is 9.80. The summed E-state index contributed by atoms with van der Waals surface area (Å²) < 4.78 is 0.955. The highest BCUT2D eigenvalue weighted by molar-refractivity contribution is 9.10. The van der Waals surface area contributed by atoms with E-state index in [1.54, 1.807) is 0 Å². The average molecular weight is 469 g/mol. The fraction of sp³-hybridized carbons (Fsp3) is 0.130. The predicted molar refractivity (Wildman–Crippen MR) is 122 cm³/mol. The highest BCUT2D eigenvalue weighted by Crippen LogP contribution is 2.35. The molecular formula is C23H19BrClN3O. The number of urea groups is 1. The maximum absolute atomic E-state index is 12.9. The Balaban J connectivity index is 1.68. The van der Waals surface area contributed by atoms with Gasteiger partial charge < -0.3 is 5.32 Å². The molecule has 1 N–H and O–H groups in total. The summed E-state index contributed by atoms with van der Waals surface area (Å²) in [6.07, 6.45) is 0. The van der Waals surface area contributed by atoms with Crippen molar-refractivity contribution in [1.82, 2.24) is 5.01 Å². The third-order valence-electron chi connectivity index (χ3n) is 5.07. The lowest BCUT2D eigenvalue weighted by atomic mass is 9.76. The molecule has 0 radical (unpaired) electrons. The van der Waals surface area contributed by atoms with Crippen molar-refractivity contribution in [1.29, 1.82) is 0 Å². The summed E-state index contributed by atoms with van der Waals surface area (Å²) in [7, 11) is 0. The van der Waals surface area contributed by atoms with Crippen LogP contribution in [0.2, 0.25) is 5.02 Å². The summed E-state index contributed by atoms with van der Waals surface area (Å²) in [6, 6.07) is 24.9. The number of nitrogens with zero attached hydrogens (tertiary/aromatic N) is 2. The molecule has 0 aromatic heterocycles. The van der Waals surface area contributed by atoms with Crippen LogP contribution in [0.25, 0.3) is 0 Å². The molecule has 0 fully saturated rings. The number of carbonyl (C=O) groups excluding carboxylic acids is 1. The molecule has 6 heteroatoms. The van der Waals surface area contributed by atoms with Crippen LogP contribution >= 0.6 is 27.5 Å². The first-order valence-electron chi connectivity index (χ1n) is 9.20. The Bertz CT molecular complexity index is 1050. The minimum absolute atomic E-state index is 0.265. The van der Waals surface area contributed by atoms with Crippen LogP contribution in [0.3, 0.4) is 0 Å². The van der Waals surface area contributed by atoms with E-state index in [0.717, 1.165) is 27.0 Å².